The molecule has 1 aliphatic heterocycles. The summed E-state index contributed by atoms with van der Waals surface area (Å²) in [5.41, 5.74) is 5.80. The maximum atomic E-state index is 6.23. The zero-order valence-corrected chi connectivity index (χ0v) is 13.8. The van der Waals surface area contributed by atoms with Crippen LogP contribution in [0.1, 0.15) is 30.5 Å². The van der Waals surface area contributed by atoms with Gasteiger partial charge in [-0.05, 0) is 24.1 Å². The molecule has 0 atom stereocenters. The summed E-state index contributed by atoms with van der Waals surface area (Å²) in [5.74, 6) is 0.997. The monoisotopic (exact) mass is 293 g/mol. The minimum Gasteiger partial charge on any atom is -0.488 e. The van der Waals surface area contributed by atoms with Crippen LogP contribution in [-0.2, 0) is 12.0 Å². The highest BCUT2D eigenvalue weighted by Gasteiger charge is 2.40. The molecule has 2 aromatic carbocycles. The van der Waals surface area contributed by atoms with E-state index in [1.165, 1.54) is 22.4 Å². The molecule has 0 saturated carbocycles. The van der Waals surface area contributed by atoms with Crippen LogP contribution in [0.15, 0.2) is 54.7 Å². The Morgan fingerprint density at radius 1 is 1.09 bits per heavy atom. The highest BCUT2D eigenvalue weighted by Crippen LogP contribution is 2.51. The quantitative estimate of drug-likeness (QED) is 0.805. The van der Waals surface area contributed by atoms with E-state index in [9.17, 15) is 0 Å². The van der Waals surface area contributed by atoms with Crippen molar-refractivity contribution in [3.8, 4) is 5.75 Å². The third kappa shape index (κ3) is 2.19. The fourth-order valence-corrected chi connectivity index (χ4v) is 3.18. The van der Waals surface area contributed by atoms with Gasteiger partial charge in [0.15, 0.2) is 0 Å². The standard InChI is InChI=1S/C20H23NO/c1-14-11-12-17-18(20(3,4)15(2)21(17)5)19(14)22-13-16-9-7-6-8-10-16/h6-12H,2,13H2,1,3-5H3. The Bertz CT molecular complexity index is 716. The van der Waals surface area contributed by atoms with Gasteiger partial charge in [0.05, 0.1) is 0 Å². The molecule has 0 spiro atoms. The first kappa shape index (κ1) is 14.7. The lowest BCUT2D eigenvalue weighted by atomic mass is 9.83. The van der Waals surface area contributed by atoms with Crippen molar-refractivity contribution in [1.82, 2.24) is 0 Å². The number of ether oxygens (including phenoxy) is 1. The van der Waals surface area contributed by atoms with Gasteiger partial charge in [-0.15, -0.1) is 0 Å². The van der Waals surface area contributed by atoms with E-state index in [0.717, 1.165) is 11.4 Å². The van der Waals surface area contributed by atoms with Crippen molar-refractivity contribution >= 4 is 5.69 Å². The first-order valence-electron chi connectivity index (χ1n) is 7.67. The summed E-state index contributed by atoms with van der Waals surface area (Å²) in [6.07, 6.45) is 0. The number of hydrogen-bond acceptors (Lipinski definition) is 2. The van der Waals surface area contributed by atoms with Gasteiger partial charge in [-0.1, -0.05) is 56.8 Å². The summed E-state index contributed by atoms with van der Waals surface area (Å²) in [6, 6.07) is 14.6. The number of allylic oxidation sites excluding steroid dienone is 1. The lowest BCUT2D eigenvalue weighted by Gasteiger charge is -2.24. The van der Waals surface area contributed by atoms with E-state index in [2.05, 4.69) is 63.6 Å². The summed E-state index contributed by atoms with van der Waals surface area (Å²) in [6.45, 7) is 11.4. The molecule has 0 unspecified atom stereocenters. The van der Waals surface area contributed by atoms with Crippen molar-refractivity contribution in [2.45, 2.75) is 32.8 Å². The Kier molecular flexibility index (Phi) is 3.48. The minimum absolute atomic E-state index is 0.109. The summed E-state index contributed by atoms with van der Waals surface area (Å²) in [4.78, 5) is 2.17. The molecule has 0 N–H and O–H groups in total. The van der Waals surface area contributed by atoms with Gasteiger partial charge in [-0.3, -0.25) is 0 Å². The number of aryl methyl sites for hydroxylation is 1. The van der Waals surface area contributed by atoms with Gasteiger partial charge >= 0.3 is 0 Å². The molecule has 0 amide bonds. The van der Waals surface area contributed by atoms with E-state index in [1.54, 1.807) is 0 Å². The average molecular weight is 293 g/mol. The Hall–Kier alpha value is -2.22. The first-order valence-corrected chi connectivity index (χ1v) is 7.67. The molecule has 2 nitrogen and oxygen atoms in total. The normalized spacial score (nSPS) is 15.8. The molecule has 2 heteroatoms. The van der Waals surface area contributed by atoms with Crippen molar-refractivity contribution in [3.63, 3.8) is 0 Å². The molecule has 2 aromatic rings. The van der Waals surface area contributed by atoms with E-state index < -0.39 is 0 Å². The molecule has 0 fully saturated rings. The topological polar surface area (TPSA) is 12.5 Å². The molecule has 114 valence electrons. The van der Waals surface area contributed by atoms with Crippen LogP contribution in [0.3, 0.4) is 0 Å². The predicted molar refractivity (Wildman–Crippen MR) is 92.5 cm³/mol. The van der Waals surface area contributed by atoms with Gasteiger partial charge in [-0.25, -0.2) is 0 Å². The van der Waals surface area contributed by atoms with Crippen LogP contribution in [0.2, 0.25) is 0 Å². The molecular weight excluding hydrogens is 270 g/mol. The maximum absolute atomic E-state index is 6.23. The number of hydrogen-bond donors (Lipinski definition) is 0. The third-order valence-corrected chi connectivity index (χ3v) is 4.67. The van der Waals surface area contributed by atoms with E-state index in [1.807, 2.05) is 18.2 Å². The molecule has 0 aromatic heterocycles. The van der Waals surface area contributed by atoms with Crippen LogP contribution < -0.4 is 9.64 Å². The zero-order valence-electron chi connectivity index (χ0n) is 13.8. The SMILES string of the molecule is C=C1N(C)c2ccc(C)c(OCc3ccccc3)c2C1(C)C. The summed E-state index contributed by atoms with van der Waals surface area (Å²) in [5, 5.41) is 0. The second-order valence-corrected chi connectivity index (χ2v) is 6.51. The van der Waals surface area contributed by atoms with E-state index in [4.69, 9.17) is 4.74 Å². The number of anilines is 1. The smallest absolute Gasteiger partial charge is 0.128 e. The fourth-order valence-electron chi connectivity index (χ4n) is 3.18. The summed E-state index contributed by atoms with van der Waals surface area (Å²) < 4.78 is 6.23. The van der Waals surface area contributed by atoms with Crippen molar-refractivity contribution in [1.29, 1.82) is 0 Å². The third-order valence-electron chi connectivity index (χ3n) is 4.67. The predicted octanol–water partition coefficient (Wildman–Crippen LogP) is 4.82. The highest BCUT2D eigenvalue weighted by atomic mass is 16.5. The number of likely N-dealkylation sites (N-methyl/N-ethyl adjacent to an activating group) is 1. The second kappa shape index (κ2) is 5.20. The van der Waals surface area contributed by atoms with Crippen molar-refractivity contribution < 1.29 is 4.74 Å². The average Bonchev–Trinajstić information content (AvgIpc) is 2.68. The van der Waals surface area contributed by atoms with Gasteiger partial charge in [0, 0.05) is 29.4 Å². The van der Waals surface area contributed by atoms with Crippen molar-refractivity contribution in [2.75, 3.05) is 11.9 Å². The van der Waals surface area contributed by atoms with Gasteiger partial charge in [0.1, 0.15) is 12.4 Å². The maximum Gasteiger partial charge on any atom is 0.128 e. The number of nitrogens with zero attached hydrogens (tertiary/aromatic N) is 1. The largest absolute Gasteiger partial charge is 0.488 e. The minimum atomic E-state index is -0.109. The Morgan fingerprint density at radius 3 is 2.45 bits per heavy atom. The Labute approximate surface area is 133 Å². The molecule has 1 heterocycles. The number of benzene rings is 2. The fraction of sp³-hybridized carbons (Fsp3) is 0.300. The Morgan fingerprint density at radius 2 is 1.77 bits per heavy atom. The van der Waals surface area contributed by atoms with Crippen LogP contribution in [0.5, 0.6) is 5.75 Å². The van der Waals surface area contributed by atoms with Gasteiger partial charge in [0.25, 0.3) is 0 Å². The van der Waals surface area contributed by atoms with Crippen LogP contribution in [0, 0.1) is 6.92 Å². The van der Waals surface area contributed by atoms with Crippen LogP contribution >= 0.6 is 0 Å². The lowest BCUT2D eigenvalue weighted by Crippen LogP contribution is -2.22. The molecule has 1 aliphatic rings. The molecule has 0 radical (unpaired) electrons. The van der Waals surface area contributed by atoms with Crippen LogP contribution in [-0.4, -0.2) is 7.05 Å². The molecule has 3 rings (SSSR count). The van der Waals surface area contributed by atoms with Crippen LogP contribution in [0.4, 0.5) is 5.69 Å². The highest BCUT2D eigenvalue weighted by molar-refractivity contribution is 5.74. The lowest BCUT2D eigenvalue weighted by molar-refractivity contribution is 0.297. The second-order valence-electron chi connectivity index (χ2n) is 6.51. The van der Waals surface area contributed by atoms with Gasteiger partial charge < -0.3 is 9.64 Å². The molecule has 22 heavy (non-hydrogen) atoms. The zero-order chi connectivity index (χ0) is 15.9. The first-order chi connectivity index (χ1) is 10.4. The Balaban J connectivity index is 2.01. The number of fused-ring (bicyclic) bond motifs is 1. The van der Waals surface area contributed by atoms with E-state index in [0.29, 0.717) is 6.61 Å². The number of rotatable bonds is 3. The van der Waals surface area contributed by atoms with Crippen molar-refractivity contribution in [3.05, 3.63) is 71.4 Å². The van der Waals surface area contributed by atoms with Crippen LogP contribution in [0.25, 0.3) is 0 Å². The molecule has 0 bridgehead atoms. The molecule has 0 saturated heterocycles. The van der Waals surface area contributed by atoms with Gasteiger partial charge in [-0.2, -0.15) is 0 Å². The van der Waals surface area contributed by atoms with Gasteiger partial charge in [0.2, 0.25) is 0 Å². The van der Waals surface area contributed by atoms with E-state index in [-0.39, 0.29) is 5.41 Å². The van der Waals surface area contributed by atoms with Crippen molar-refractivity contribution in [2.24, 2.45) is 0 Å². The molecular formula is C20H23NO. The summed E-state index contributed by atoms with van der Waals surface area (Å²) >= 11 is 0. The van der Waals surface area contributed by atoms with E-state index >= 15 is 0 Å². The summed E-state index contributed by atoms with van der Waals surface area (Å²) in [7, 11) is 2.08. The molecule has 0 aliphatic carbocycles.